The van der Waals surface area contributed by atoms with E-state index in [1.54, 1.807) is 4.80 Å². The standard InChI is InChI=1S/C17H18ClN5/c18-16-6-5-12-8-14(4-3-13(12)9-16)17(23-21-11-20-22-23)15-2-1-7-19-10-15/h3-6,8-9,11,15,17,19H,1-2,7,10H2/t15-,17?/m1/s1. The molecule has 0 amide bonds. The molecule has 3 aromatic rings. The first kappa shape index (κ1) is 14.6. The number of nitrogens with one attached hydrogen (secondary N) is 1. The van der Waals surface area contributed by atoms with E-state index in [0.29, 0.717) is 5.92 Å². The molecular formula is C17H18ClN5. The van der Waals surface area contributed by atoms with Crippen molar-refractivity contribution in [1.29, 1.82) is 0 Å². The van der Waals surface area contributed by atoms with Crippen molar-refractivity contribution in [2.75, 3.05) is 13.1 Å². The van der Waals surface area contributed by atoms with Crippen LogP contribution >= 0.6 is 11.6 Å². The highest BCUT2D eigenvalue weighted by molar-refractivity contribution is 6.31. The van der Waals surface area contributed by atoms with Crippen molar-refractivity contribution >= 4 is 22.4 Å². The molecule has 1 unspecified atom stereocenters. The van der Waals surface area contributed by atoms with E-state index in [-0.39, 0.29) is 6.04 Å². The molecule has 1 N–H and O–H groups in total. The third-order valence-corrected chi connectivity index (χ3v) is 4.80. The van der Waals surface area contributed by atoms with Crippen LogP contribution in [0.1, 0.15) is 24.4 Å². The number of rotatable bonds is 3. The van der Waals surface area contributed by atoms with Crippen LogP contribution in [0.4, 0.5) is 0 Å². The molecule has 1 aliphatic rings. The molecule has 2 atom stereocenters. The first-order valence-electron chi connectivity index (χ1n) is 7.94. The number of benzene rings is 2. The molecule has 4 rings (SSSR count). The van der Waals surface area contributed by atoms with Gasteiger partial charge in [-0.25, -0.2) is 0 Å². The molecule has 0 aliphatic carbocycles. The number of halogens is 1. The van der Waals surface area contributed by atoms with Gasteiger partial charge >= 0.3 is 0 Å². The Hall–Kier alpha value is -1.98. The lowest BCUT2D eigenvalue weighted by molar-refractivity contribution is 0.261. The first-order chi connectivity index (χ1) is 11.3. The SMILES string of the molecule is Clc1ccc2cc(C([C@@H]3CCCNC3)n3ncnn3)ccc2c1. The Morgan fingerprint density at radius 1 is 1.17 bits per heavy atom. The molecule has 23 heavy (non-hydrogen) atoms. The zero-order valence-corrected chi connectivity index (χ0v) is 13.4. The summed E-state index contributed by atoms with van der Waals surface area (Å²) >= 11 is 6.08. The largest absolute Gasteiger partial charge is 0.316 e. The van der Waals surface area contributed by atoms with Gasteiger partial charge in [-0.2, -0.15) is 4.80 Å². The second kappa shape index (κ2) is 6.26. The quantitative estimate of drug-likeness (QED) is 0.803. The van der Waals surface area contributed by atoms with Crippen LogP contribution in [0.15, 0.2) is 42.7 Å². The molecule has 5 nitrogen and oxygen atoms in total. The van der Waals surface area contributed by atoms with Gasteiger partial charge in [0.05, 0.1) is 0 Å². The number of aromatic nitrogens is 4. The van der Waals surface area contributed by atoms with Crippen molar-refractivity contribution in [2.24, 2.45) is 5.92 Å². The van der Waals surface area contributed by atoms with E-state index in [0.717, 1.165) is 29.9 Å². The van der Waals surface area contributed by atoms with Gasteiger partial charge in [0.25, 0.3) is 0 Å². The summed E-state index contributed by atoms with van der Waals surface area (Å²) in [4.78, 5) is 1.74. The summed E-state index contributed by atoms with van der Waals surface area (Å²) in [6, 6.07) is 12.6. The molecule has 118 valence electrons. The number of fused-ring (bicyclic) bond motifs is 1. The van der Waals surface area contributed by atoms with Crippen LogP contribution in [0.2, 0.25) is 5.02 Å². The van der Waals surface area contributed by atoms with Gasteiger partial charge < -0.3 is 5.32 Å². The Kier molecular flexibility index (Phi) is 3.97. The molecule has 1 saturated heterocycles. The second-order valence-electron chi connectivity index (χ2n) is 6.06. The van der Waals surface area contributed by atoms with E-state index in [2.05, 4.69) is 45.0 Å². The molecule has 2 aromatic carbocycles. The fourth-order valence-corrected chi connectivity index (χ4v) is 3.64. The van der Waals surface area contributed by atoms with E-state index in [1.807, 2.05) is 12.1 Å². The van der Waals surface area contributed by atoms with Gasteiger partial charge in [-0.1, -0.05) is 29.8 Å². The smallest absolute Gasteiger partial charge is 0.162 e. The minimum Gasteiger partial charge on any atom is -0.316 e. The minimum absolute atomic E-state index is 0.102. The van der Waals surface area contributed by atoms with Gasteiger partial charge in [-0.3, -0.25) is 0 Å². The highest BCUT2D eigenvalue weighted by Gasteiger charge is 2.28. The molecule has 0 bridgehead atoms. The van der Waals surface area contributed by atoms with Crippen molar-refractivity contribution in [3.63, 3.8) is 0 Å². The number of tetrazole rings is 1. The van der Waals surface area contributed by atoms with Crippen LogP contribution in [0.3, 0.4) is 0 Å². The normalized spacial score (nSPS) is 19.8. The third kappa shape index (κ3) is 2.94. The molecule has 0 saturated carbocycles. The van der Waals surface area contributed by atoms with Crippen LogP contribution in [-0.2, 0) is 0 Å². The van der Waals surface area contributed by atoms with Gasteiger partial charge in [0.2, 0.25) is 0 Å². The van der Waals surface area contributed by atoms with E-state index < -0.39 is 0 Å². The van der Waals surface area contributed by atoms with Crippen LogP contribution in [0.5, 0.6) is 0 Å². The third-order valence-electron chi connectivity index (χ3n) is 4.56. The maximum absolute atomic E-state index is 6.08. The summed E-state index contributed by atoms with van der Waals surface area (Å²) in [5, 5.41) is 19.0. The lowest BCUT2D eigenvalue weighted by Crippen LogP contribution is -2.36. The Bertz CT molecular complexity index is 796. The molecule has 2 heterocycles. The van der Waals surface area contributed by atoms with Gasteiger partial charge in [-0.05, 0) is 65.1 Å². The van der Waals surface area contributed by atoms with E-state index in [1.165, 1.54) is 23.7 Å². The fourth-order valence-electron chi connectivity index (χ4n) is 3.46. The summed E-state index contributed by atoms with van der Waals surface area (Å²) in [7, 11) is 0. The van der Waals surface area contributed by atoms with Crippen molar-refractivity contribution in [3.05, 3.63) is 53.3 Å². The van der Waals surface area contributed by atoms with Gasteiger partial charge in [-0.15, -0.1) is 10.2 Å². The first-order valence-corrected chi connectivity index (χ1v) is 8.31. The van der Waals surface area contributed by atoms with Gasteiger partial charge in [0.1, 0.15) is 6.04 Å². The summed E-state index contributed by atoms with van der Waals surface area (Å²) in [6.07, 6.45) is 3.85. The maximum atomic E-state index is 6.08. The van der Waals surface area contributed by atoms with Crippen molar-refractivity contribution in [3.8, 4) is 0 Å². The van der Waals surface area contributed by atoms with Crippen molar-refractivity contribution in [1.82, 2.24) is 25.5 Å². The number of piperidine rings is 1. The van der Waals surface area contributed by atoms with Crippen LogP contribution in [0.25, 0.3) is 10.8 Å². The molecule has 0 spiro atoms. The zero-order chi connectivity index (χ0) is 15.6. The highest BCUT2D eigenvalue weighted by Crippen LogP contribution is 2.32. The Morgan fingerprint density at radius 2 is 2.04 bits per heavy atom. The van der Waals surface area contributed by atoms with E-state index in [9.17, 15) is 0 Å². The molecule has 1 aliphatic heterocycles. The highest BCUT2D eigenvalue weighted by atomic mass is 35.5. The Labute approximate surface area is 139 Å². The lowest BCUT2D eigenvalue weighted by atomic mass is 9.87. The van der Waals surface area contributed by atoms with Crippen LogP contribution in [-0.4, -0.2) is 33.3 Å². The van der Waals surface area contributed by atoms with Crippen molar-refractivity contribution < 1.29 is 0 Å². The Morgan fingerprint density at radius 3 is 2.83 bits per heavy atom. The molecule has 6 heteroatoms. The van der Waals surface area contributed by atoms with Gasteiger partial charge in [0.15, 0.2) is 6.33 Å². The number of hydrogen-bond donors (Lipinski definition) is 1. The summed E-state index contributed by atoms with van der Waals surface area (Å²) in [6.45, 7) is 2.06. The van der Waals surface area contributed by atoms with E-state index in [4.69, 9.17) is 11.6 Å². The number of nitrogens with zero attached hydrogens (tertiary/aromatic N) is 4. The number of hydrogen-bond acceptors (Lipinski definition) is 4. The zero-order valence-electron chi connectivity index (χ0n) is 12.7. The predicted molar refractivity (Wildman–Crippen MR) is 90.5 cm³/mol. The lowest BCUT2D eigenvalue weighted by Gasteiger charge is -2.30. The van der Waals surface area contributed by atoms with Crippen LogP contribution in [0, 0.1) is 5.92 Å². The maximum Gasteiger partial charge on any atom is 0.162 e. The summed E-state index contributed by atoms with van der Waals surface area (Å²) in [5.74, 6) is 0.461. The van der Waals surface area contributed by atoms with Crippen LogP contribution < -0.4 is 5.32 Å². The average Bonchev–Trinajstić information content (AvgIpc) is 3.10. The predicted octanol–water partition coefficient (Wildman–Crippen LogP) is 3.07. The monoisotopic (exact) mass is 327 g/mol. The minimum atomic E-state index is 0.102. The molecular weight excluding hydrogens is 310 g/mol. The average molecular weight is 328 g/mol. The van der Waals surface area contributed by atoms with Crippen molar-refractivity contribution in [2.45, 2.75) is 18.9 Å². The molecule has 0 radical (unpaired) electrons. The van der Waals surface area contributed by atoms with E-state index >= 15 is 0 Å². The summed E-state index contributed by atoms with van der Waals surface area (Å²) < 4.78 is 0. The Balaban J connectivity index is 1.77. The topological polar surface area (TPSA) is 55.6 Å². The fraction of sp³-hybridized carbons (Fsp3) is 0.353. The molecule has 1 aromatic heterocycles. The van der Waals surface area contributed by atoms with Gasteiger partial charge in [0, 0.05) is 11.6 Å². The second-order valence-corrected chi connectivity index (χ2v) is 6.49. The summed E-state index contributed by atoms with van der Waals surface area (Å²) in [5.41, 5.74) is 1.21. The molecule has 1 fully saturated rings.